The fraction of sp³-hybridized carbons (Fsp3) is 0.529. The van der Waals surface area contributed by atoms with Gasteiger partial charge in [-0.2, -0.15) is 0 Å². The van der Waals surface area contributed by atoms with Gasteiger partial charge in [0, 0.05) is 26.2 Å². The maximum Gasteiger partial charge on any atom is 0.317 e. The van der Waals surface area contributed by atoms with E-state index in [1.807, 2.05) is 21.9 Å². The number of benzene rings is 1. The van der Waals surface area contributed by atoms with Crippen LogP contribution in [0.5, 0.6) is 11.5 Å². The van der Waals surface area contributed by atoms with Crippen molar-refractivity contribution in [3.05, 3.63) is 23.8 Å². The number of hydrogen-bond acceptors (Lipinski definition) is 4. The Kier molecular flexibility index (Phi) is 3.92. The summed E-state index contributed by atoms with van der Waals surface area (Å²) in [6.45, 7) is 3.62. The first-order valence-electron chi connectivity index (χ1n) is 8.46. The van der Waals surface area contributed by atoms with Crippen LogP contribution >= 0.6 is 0 Å². The molecule has 0 aromatic heterocycles. The molecule has 128 valence electrons. The number of fused-ring (bicyclic) bond motifs is 1. The predicted octanol–water partition coefficient (Wildman–Crippen LogP) is 1.09. The molecule has 2 saturated heterocycles. The van der Waals surface area contributed by atoms with Crippen LogP contribution < -0.4 is 14.8 Å². The van der Waals surface area contributed by atoms with E-state index < -0.39 is 0 Å². The average Bonchev–Trinajstić information content (AvgIpc) is 3.07. The summed E-state index contributed by atoms with van der Waals surface area (Å²) in [6.07, 6.45) is 1.83. The van der Waals surface area contributed by atoms with Crippen LogP contribution in [0.15, 0.2) is 18.2 Å². The molecule has 3 amide bonds. The van der Waals surface area contributed by atoms with Gasteiger partial charge in [-0.05, 0) is 25.0 Å². The fourth-order valence-electron chi connectivity index (χ4n) is 3.64. The Morgan fingerprint density at radius 2 is 2.08 bits per heavy atom. The van der Waals surface area contributed by atoms with Gasteiger partial charge in [0.1, 0.15) is 13.2 Å². The summed E-state index contributed by atoms with van der Waals surface area (Å²) >= 11 is 0. The summed E-state index contributed by atoms with van der Waals surface area (Å²) in [5.41, 5.74) is 0.540. The van der Waals surface area contributed by atoms with E-state index in [4.69, 9.17) is 9.47 Å². The Labute approximate surface area is 140 Å². The van der Waals surface area contributed by atoms with Gasteiger partial charge in [-0.15, -0.1) is 0 Å². The van der Waals surface area contributed by atoms with E-state index in [9.17, 15) is 9.59 Å². The topological polar surface area (TPSA) is 71.1 Å². The van der Waals surface area contributed by atoms with Crippen LogP contribution in [-0.4, -0.2) is 67.2 Å². The van der Waals surface area contributed by atoms with Crippen molar-refractivity contribution in [3.8, 4) is 11.5 Å². The van der Waals surface area contributed by atoms with Gasteiger partial charge in [0.25, 0.3) is 5.91 Å². The highest BCUT2D eigenvalue weighted by atomic mass is 16.6. The first kappa shape index (κ1) is 15.1. The lowest BCUT2D eigenvalue weighted by Crippen LogP contribution is -2.50. The van der Waals surface area contributed by atoms with Crippen molar-refractivity contribution in [2.75, 3.05) is 39.4 Å². The second-order valence-electron chi connectivity index (χ2n) is 6.30. The van der Waals surface area contributed by atoms with Crippen molar-refractivity contribution < 1.29 is 19.1 Å². The van der Waals surface area contributed by atoms with Crippen LogP contribution in [0.2, 0.25) is 0 Å². The largest absolute Gasteiger partial charge is 0.486 e. The zero-order chi connectivity index (χ0) is 16.5. The van der Waals surface area contributed by atoms with Gasteiger partial charge in [0.15, 0.2) is 11.5 Å². The van der Waals surface area contributed by atoms with E-state index in [1.165, 1.54) is 0 Å². The van der Waals surface area contributed by atoms with E-state index in [0.29, 0.717) is 56.5 Å². The standard InChI is InChI=1S/C17H21N3O4/c21-16(13-4-1-5-14-15(13)24-10-9-23-14)19-7-2-3-12(11-19)20-8-6-18-17(20)22/h1,4-5,12H,2-3,6-11H2,(H,18,22). The van der Waals surface area contributed by atoms with Crippen LogP contribution in [0.25, 0.3) is 0 Å². The molecule has 0 bridgehead atoms. The van der Waals surface area contributed by atoms with E-state index >= 15 is 0 Å². The van der Waals surface area contributed by atoms with E-state index in [0.717, 1.165) is 12.8 Å². The number of hydrogen-bond donors (Lipinski definition) is 1. The first-order chi connectivity index (χ1) is 11.7. The molecule has 1 N–H and O–H groups in total. The number of urea groups is 1. The number of ether oxygens (including phenoxy) is 2. The van der Waals surface area contributed by atoms with Crippen molar-refractivity contribution in [2.45, 2.75) is 18.9 Å². The SMILES string of the molecule is O=C(c1cccc2c1OCCO2)N1CCCC(N2CCNC2=O)C1. The summed E-state index contributed by atoms with van der Waals surface area (Å²) < 4.78 is 11.2. The molecule has 3 heterocycles. The summed E-state index contributed by atoms with van der Waals surface area (Å²) in [5, 5.41) is 2.83. The summed E-state index contributed by atoms with van der Waals surface area (Å²) in [4.78, 5) is 28.5. The molecule has 1 atom stereocenters. The second kappa shape index (κ2) is 6.22. The number of rotatable bonds is 2. The minimum absolute atomic E-state index is 0.0249. The van der Waals surface area contributed by atoms with Crippen LogP contribution in [0.3, 0.4) is 0 Å². The molecule has 1 aromatic rings. The first-order valence-corrected chi connectivity index (χ1v) is 8.46. The Bertz CT molecular complexity index is 663. The number of carbonyl (C=O) groups excluding carboxylic acids is 2. The van der Waals surface area contributed by atoms with Gasteiger partial charge in [0.05, 0.1) is 11.6 Å². The van der Waals surface area contributed by atoms with Gasteiger partial charge >= 0.3 is 6.03 Å². The second-order valence-corrected chi connectivity index (χ2v) is 6.30. The van der Waals surface area contributed by atoms with Crippen LogP contribution in [0, 0.1) is 0 Å². The minimum atomic E-state index is -0.0540. The maximum atomic E-state index is 13.0. The van der Waals surface area contributed by atoms with Gasteiger partial charge in [0.2, 0.25) is 0 Å². The van der Waals surface area contributed by atoms with Gasteiger partial charge in [-0.25, -0.2) is 4.79 Å². The Morgan fingerprint density at radius 1 is 1.21 bits per heavy atom. The van der Waals surface area contributed by atoms with Crippen molar-refractivity contribution >= 4 is 11.9 Å². The molecule has 24 heavy (non-hydrogen) atoms. The molecular weight excluding hydrogens is 310 g/mol. The molecule has 3 aliphatic heterocycles. The van der Waals surface area contributed by atoms with E-state index in [-0.39, 0.29) is 18.0 Å². The maximum absolute atomic E-state index is 13.0. The highest BCUT2D eigenvalue weighted by Crippen LogP contribution is 2.34. The van der Waals surface area contributed by atoms with Crippen molar-refractivity contribution in [1.29, 1.82) is 0 Å². The molecule has 7 heteroatoms. The zero-order valence-electron chi connectivity index (χ0n) is 13.5. The van der Waals surface area contributed by atoms with E-state index in [1.54, 1.807) is 6.07 Å². The average molecular weight is 331 g/mol. The molecule has 3 aliphatic rings. The normalized spacial score (nSPS) is 23.2. The third-order valence-corrected chi connectivity index (χ3v) is 4.81. The molecule has 1 aromatic carbocycles. The number of nitrogens with zero attached hydrogens (tertiary/aromatic N) is 2. The van der Waals surface area contributed by atoms with Crippen molar-refractivity contribution in [1.82, 2.24) is 15.1 Å². The minimum Gasteiger partial charge on any atom is -0.486 e. The Balaban J connectivity index is 1.53. The third kappa shape index (κ3) is 2.64. The third-order valence-electron chi connectivity index (χ3n) is 4.81. The van der Waals surface area contributed by atoms with E-state index in [2.05, 4.69) is 5.32 Å². The molecule has 1 unspecified atom stereocenters. The van der Waals surface area contributed by atoms with Gasteiger partial charge in [-0.3, -0.25) is 4.79 Å². The number of carbonyl (C=O) groups is 2. The van der Waals surface area contributed by atoms with Crippen LogP contribution in [0.1, 0.15) is 23.2 Å². The Hall–Kier alpha value is -2.44. The summed E-state index contributed by atoms with van der Waals surface area (Å²) in [7, 11) is 0. The quantitative estimate of drug-likeness (QED) is 0.880. The number of likely N-dealkylation sites (tertiary alicyclic amines) is 1. The van der Waals surface area contributed by atoms with Crippen molar-refractivity contribution in [2.24, 2.45) is 0 Å². The number of amides is 3. The molecular formula is C17H21N3O4. The molecule has 7 nitrogen and oxygen atoms in total. The smallest absolute Gasteiger partial charge is 0.317 e. The van der Waals surface area contributed by atoms with Crippen LogP contribution in [-0.2, 0) is 0 Å². The Morgan fingerprint density at radius 3 is 2.92 bits per heavy atom. The number of para-hydroxylation sites is 1. The lowest BCUT2D eigenvalue weighted by atomic mass is 10.0. The fourth-order valence-corrected chi connectivity index (χ4v) is 3.64. The molecule has 2 fully saturated rings. The molecule has 0 spiro atoms. The summed E-state index contributed by atoms with van der Waals surface area (Å²) in [5.74, 6) is 1.11. The predicted molar refractivity (Wildman–Crippen MR) is 86.5 cm³/mol. The monoisotopic (exact) mass is 331 g/mol. The van der Waals surface area contributed by atoms with Crippen molar-refractivity contribution in [3.63, 3.8) is 0 Å². The molecule has 0 radical (unpaired) electrons. The number of nitrogens with one attached hydrogen (secondary N) is 1. The van der Waals surface area contributed by atoms with Gasteiger partial charge in [-0.1, -0.05) is 6.07 Å². The molecule has 4 rings (SSSR count). The lowest BCUT2D eigenvalue weighted by molar-refractivity contribution is 0.0625. The number of piperidine rings is 1. The lowest BCUT2D eigenvalue weighted by Gasteiger charge is -2.37. The van der Waals surface area contributed by atoms with Gasteiger partial charge < -0.3 is 24.6 Å². The summed E-state index contributed by atoms with van der Waals surface area (Å²) in [6, 6.07) is 5.47. The highest BCUT2D eigenvalue weighted by molar-refractivity contribution is 5.98. The highest BCUT2D eigenvalue weighted by Gasteiger charge is 2.34. The zero-order valence-corrected chi connectivity index (χ0v) is 13.5. The van der Waals surface area contributed by atoms with Crippen LogP contribution in [0.4, 0.5) is 4.79 Å². The molecule has 0 aliphatic carbocycles. The molecule has 0 saturated carbocycles.